The number of hydrogen-bond acceptors (Lipinski definition) is 7. The molecule has 0 saturated heterocycles. The molecule has 0 amide bonds. The van der Waals surface area contributed by atoms with Gasteiger partial charge in [-0.15, -0.1) is 10.2 Å². The van der Waals surface area contributed by atoms with Crippen LogP contribution in [0.25, 0.3) is 10.9 Å². The average molecular weight is 402 g/mol. The molecule has 0 spiro atoms. The number of benzene rings is 1. The van der Waals surface area contributed by atoms with Gasteiger partial charge < -0.3 is 5.32 Å². The van der Waals surface area contributed by atoms with Gasteiger partial charge in [0, 0.05) is 12.6 Å². The van der Waals surface area contributed by atoms with Crippen molar-refractivity contribution in [3.63, 3.8) is 0 Å². The van der Waals surface area contributed by atoms with E-state index in [4.69, 9.17) is 0 Å². The van der Waals surface area contributed by atoms with E-state index in [1.54, 1.807) is 27.7 Å². The van der Waals surface area contributed by atoms with Gasteiger partial charge in [-0.05, 0) is 31.9 Å². The van der Waals surface area contributed by atoms with Crippen LogP contribution in [0.4, 0.5) is 5.13 Å². The number of fused-ring (bicyclic) bond motifs is 1. The highest BCUT2D eigenvalue weighted by molar-refractivity contribution is 7.98. The van der Waals surface area contributed by atoms with Crippen molar-refractivity contribution >= 4 is 39.1 Å². The van der Waals surface area contributed by atoms with E-state index >= 15 is 0 Å². The van der Waals surface area contributed by atoms with E-state index in [0.717, 1.165) is 20.8 Å². The van der Waals surface area contributed by atoms with Crippen LogP contribution in [0.1, 0.15) is 44.0 Å². The molecule has 1 saturated carbocycles. The highest BCUT2D eigenvalue weighted by Crippen LogP contribution is 2.27. The number of anilines is 1. The van der Waals surface area contributed by atoms with E-state index in [2.05, 4.69) is 20.5 Å². The molecule has 1 N–H and O–H groups in total. The van der Waals surface area contributed by atoms with Gasteiger partial charge in [0.15, 0.2) is 5.16 Å². The largest absolute Gasteiger partial charge is 0.357 e. The normalized spacial score (nSPS) is 15.3. The summed E-state index contributed by atoms with van der Waals surface area (Å²) in [7, 11) is 0. The van der Waals surface area contributed by atoms with Crippen molar-refractivity contribution in [2.24, 2.45) is 0 Å². The summed E-state index contributed by atoms with van der Waals surface area (Å²) in [6, 6.07) is 8.03. The van der Waals surface area contributed by atoms with Gasteiger partial charge in [-0.2, -0.15) is 0 Å². The van der Waals surface area contributed by atoms with Gasteiger partial charge in [-0.3, -0.25) is 9.36 Å². The third-order valence-electron chi connectivity index (χ3n) is 4.87. The lowest BCUT2D eigenvalue weighted by molar-refractivity contribution is 0.462. The second-order valence-electron chi connectivity index (χ2n) is 6.73. The predicted molar refractivity (Wildman–Crippen MR) is 112 cm³/mol. The van der Waals surface area contributed by atoms with Crippen molar-refractivity contribution in [3.8, 4) is 0 Å². The van der Waals surface area contributed by atoms with Gasteiger partial charge in [-0.1, -0.05) is 54.5 Å². The summed E-state index contributed by atoms with van der Waals surface area (Å²) in [5.74, 6) is 0.662. The second kappa shape index (κ2) is 8.39. The molecule has 0 aliphatic heterocycles. The van der Waals surface area contributed by atoms with Crippen LogP contribution >= 0.6 is 23.1 Å². The van der Waals surface area contributed by atoms with Gasteiger partial charge in [0.05, 0.1) is 16.7 Å². The Labute approximate surface area is 166 Å². The lowest BCUT2D eigenvalue weighted by atomic mass is 9.96. The Morgan fingerprint density at radius 1 is 1.22 bits per heavy atom. The Kier molecular flexibility index (Phi) is 5.73. The second-order valence-corrected chi connectivity index (χ2v) is 8.73. The van der Waals surface area contributed by atoms with Gasteiger partial charge >= 0.3 is 0 Å². The molecule has 1 aliphatic carbocycles. The molecule has 4 rings (SSSR count). The van der Waals surface area contributed by atoms with Crippen LogP contribution in [0.15, 0.2) is 34.2 Å². The zero-order chi connectivity index (χ0) is 18.6. The fourth-order valence-electron chi connectivity index (χ4n) is 3.45. The number of rotatable bonds is 6. The van der Waals surface area contributed by atoms with Crippen LogP contribution < -0.4 is 10.9 Å². The molecule has 8 heteroatoms. The maximum Gasteiger partial charge on any atom is 0.262 e. The summed E-state index contributed by atoms with van der Waals surface area (Å²) in [5.41, 5.74) is 0.758. The minimum atomic E-state index is 0.0162. The maximum absolute atomic E-state index is 12.7. The van der Waals surface area contributed by atoms with Crippen molar-refractivity contribution < 1.29 is 0 Å². The fraction of sp³-hybridized carbons (Fsp3) is 0.474. The zero-order valence-corrected chi connectivity index (χ0v) is 17.0. The Morgan fingerprint density at radius 2 is 2.04 bits per heavy atom. The summed E-state index contributed by atoms with van der Waals surface area (Å²) in [5, 5.41) is 15.4. The molecule has 2 heterocycles. The van der Waals surface area contributed by atoms with Crippen molar-refractivity contribution in [1.82, 2.24) is 19.7 Å². The van der Waals surface area contributed by atoms with Crippen molar-refractivity contribution in [1.29, 1.82) is 0 Å². The highest BCUT2D eigenvalue weighted by Gasteiger charge is 2.16. The number of thioether (sulfide) groups is 1. The molecule has 3 aromatic rings. The third kappa shape index (κ3) is 4.16. The molecule has 1 aromatic carbocycles. The summed E-state index contributed by atoms with van der Waals surface area (Å²) in [6.07, 6.45) is 6.36. The van der Waals surface area contributed by atoms with E-state index in [9.17, 15) is 4.79 Å². The first-order chi connectivity index (χ1) is 13.2. The quantitative estimate of drug-likeness (QED) is 0.490. The standard InChI is InChI=1S/C19H23N5OS2/c1-2-24-17(25)14-10-6-7-11-15(14)21-19(24)26-12-16-22-23-18(27-16)20-13-8-4-3-5-9-13/h6-7,10-11,13H,2-5,8-9,12H2,1H3,(H,20,23). The average Bonchev–Trinajstić information content (AvgIpc) is 3.14. The Hall–Kier alpha value is -1.93. The van der Waals surface area contributed by atoms with Crippen LogP contribution in [0.2, 0.25) is 0 Å². The van der Waals surface area contributed by atoms with Crippen LogP contribution in [0.3, 0.4) is 0 Å². The molecular weight excluding hydrogens is 378 g/mol. The number of nitrogens with one attached hydrogen (secondary N) is 1. The van der Waals surface area contributed by atoms with Crippen LogP contribution in [-0.2, 0) is 12.3 Å². The van der Waals surface area contributed by atoms with E-state index < -0.39 is 0 Å². The van der Waals surface area contributed by atoms with Gasteiger partial charge in [0.1, 0.15) is 5.01 Å². The van der Waals surface area contributed by atoms with E-state index in [0.29, 0.717) is 23.7 Å². The Morgan fingerprint density at radius 3 is 2.85 bits per heavy atom. The van der Waals surface area contributed by atoms with E-state index in [1.807, 2.05) is 31.2 Å². The van der Waals surface area contributed by atoms with E-state index in [-0.39, 0.29) is 5.56 Å². The third-order valence-corrected chi connectivity index (χ3v) is 6.89. The molecule has 27 heavy (non-hydrogen) atoms. The number of aromatic nitrogens is 4. The molecule has 0 bridgehead atoms. The van der Waals surface area contributed by atoms with Gasteiger partial charge in [-0.25, -0.2) is 4.98 Å². The number of hydrogen-bond donors (Lipinski definition) is 1. The molecule has 1 aliphatic rings. The van der Waals surface area contributed by atoms with Crippen LogP contribution in [0.5, 0.6) is 0 Å². The summed E-state index contributed by atoms with van der Waals surface area (Å²) < 4.78 is 1.73. The summed E-state index contributed by atoms with van der Waals surface area (Å²) in [4.78, 5) is 17.4. The first-order valence-electron chi connectivity index (χ1n) is 9.46. The summed E-state index contributed by atoms with van der Waals surface area (Å²) in [6.45, 7) is 2.57. The SMILES string of the molecule is CCn1c(SCc2nnc(NC3CCCCC3)s2)nc2ccccc2c1=O. The van der Waals surface area contributed by atoms with Crippen molar-refractivity contribution in [2.45, 2.75) is 62.5 Å². The first kappa shape index (κ1) is 18.4. The minimum absolute atomic E-state index is 0.0162. The number of para-hydroxylation sites is 1. The monoisotopic (exact) mass is 401 g/mol. The van der Waals surface area contributed by atoms with Gasteiger partial charge in [0.25, 0.3) is 5.56 Å². The minimum Gasteiger partial charge on any atom is -0.357 e. The summed E-state index contributed by atoms with van der Waals surface area (Å²) >= 11 is 3.14. The molecular formula is C19H23N5OS2. The molecule has 2 aromatic heterocycles. The molecule has 0 radical (unpaired) electrons. The molecule has 0 unspecified atom stereocenters. The fourth-order valence-corrected chi connectivity index (χ4v) is 5.32. The topological polar surface area (TPSA) is 72.7 Å². The molecule has 142 valence electrons. The lowest BCUT2D eigenvalue weighted by Crippen LogP contribution is -2.22. The van der Waals surface area contributed by atoms with Crippen LogP contribution in [0, 0.1) is 0 Å². The first-order valence-corrected chi connectivity index (χ1v) is 11.3. The van der Waals surface area contributed by atoms with Gasteiger partial charge in [0.2, 0.25) is 5.13 Å². The van der Waals surface area contributed by atoms with Crippen molar-refractivity contribution in [3.05, 3.63) is 39.6 Å². The highest BCUT2D eigenvalue weighted by atomic mass is 32.2. The van der Waals surface area contributed by atoms with Crippen molar-refractivity contribution in [2.75, 3.05) is 5.32 Å². The van der Waals surface area contributed by atoms with Crippen LogP contribution in [-0.4, -0.2) is 25.8 Å². The Balaban J connectivity index is 1.48. The zero-order valence-electron chi connectivity index (χ0n) is 15.4. The number of nitrogens with zero attached hydrogens (tertiary/aromatic N) is 4. The molecule has 1 fully saturated rings. The van der Waals surface area contributed by atoms with E-state index in [1.165, 1.54) is 32.1 Å². The molecule has 0 atom stereocenters. The Bertz CT molecular complexity index is 978. The smallest absolute Gasteiger partial charge is 0.262 e. The maximum atomic E-state index is 12.7. The lowest BCUT2D eigenvalue weighted by Gasteiger charge is -2.21. The predicted octanol–water partition coefficient (Wildman–Crippen LogP) is 4.30. The molecule has 6 nitrogen and oxygen atoms in total.